The summed E-state index contributed by atoms with van der Waals surface area (Å²) in [4.78, 5) is 8.71. The predicted molar refractivity (Wildman–Crippen MR) is 77.0 cm³/mol. The van der Waals surface area contributed by atoms with Crippen LogP contribution >= 0.6 is 0 Å². The molecule has 0 saturated carbocycles. The van der Waals surface area contributed by atoms with E-state index in [4.69, 9.17) is 10.3 Å². The molecule has 0 aliphatic rings. The minimum absolute atomic E-state index is 0.311. The molecule has 21 heavy (non-hydrogen) atoms. The van der Waals surface area contributed by atoms with Gasteiger partial charge in [0, 0.05) is 11.6 Å². The monoisotopic (exact) mass is 278 g/mol. The molecule has 0 radical (unpaired) electrons. The highest BCUT2D eigenvalue weighted by Gasteiger charge is 2.16. The number of nitrogens with one attached hydrogen (secondary N) is 1. The molecule has 0 bridgehead atoms. The average Bonchev–Trinajstić information content (AvgIpc) is 3.15. The second kappa shape index (κ2) is 4.41. The summed E-state index contributed by atoms with van der Waals surface area (Å²) < 4.78 is 5.25. The van der Waals surface area contributed by atoms with E-state index in [-0.39, 0.29) is 0 Å². The lowest BCUT2D eigenvalue weighted by Gasteiger charge is -2.00. The van der Waals surface area contributed by atoms with Gasteiger partial charge in [-0.2, -0.15) is 10.1 Å². The van der Waals surface area contributed by atoms with Crippen LogP contribution in [0.25, 0.3) is 33.7 Å². The molecule has 7 nitrogen and oxygen atoms in total. The summed E-state index contributed by atoms with van der Waals surface area (Å²) in [6.45, 7) is 0. The summed E-state index contributed by atoms with van der Waals surface area (Å²) in [6.07, 6.45) is 3.27. The van der Waals surface area contributed by atoms with Crippen LogP contribution < -0.4 is 5.73 Å². The highest BCUT2D eigenvalue weighted by Crippen LogP contribution is 2.27. The van der Waals surface area contributed by atoms with E-state index < -0.39 is 0 Å². The van der Waals surface area contributed by atoms with Crippen molar-refractivity contribution in [3.63, 3.8) is 0 Å². The maximum atomic E-state index is 5.75. The molecule has 0 atom stereocenters. The molecule has 0 unspecified atom stereocenters. The van der Waals surface area contributed by atoms with Gasteiger partial charge in [0.25, 0.3) is 5.89 Å². The van der Waals surface area contributed by atoms with Gasteiger partial charge in [0.1, 0.15) is 17.1 Å². The smallest absolute Gasteiger partial charge is 0.263 e. The highest BCUT2D eigenvalue weighted by atomic mass is 16.5. The van der Waals surface area contributed by atoms with Gasteiger partial charge in [-0.3, -0.25) is 10.1 Å². The van der Waals surface area contributed by atoms with Crippen molar-refractivity contribution in [1.82, 2.24) is 25.3 Å². The van der Waals surface area contributed by atoms with Crippen molar-refractivity contribution < 1.29 is 4.52 Å². The van der Waals surface area contributed by atoms with E-state index in [1.165, 1.54) is 0 Å². The number of fused-ring (bicyclic) bond motifs is 1. The van der Waals surface area contributed by atoms with E-state index in [1.807, 2.05) is 30.3 Å². The fraction of sp³-hybridized carbons (Fsp3) is 0. The Kier molecular flexibility index (Phi) is 2.43. The van der Waals surface area contributed by atoms with Gasteiger partial charge in [-0.25, -0.2) is 0 Å². The van der Waals surface area contributed by atoms with Crippen molar-refractivity contribution in [1.29, 1.82) is 0 Å². The number of hydrogen-bond donors (Lipinski definition) is 2. The average molecular weight is 278 g/mol. The predicted octanol–water partition coefficient (Wildman–Crippen LogP) is 2.26. The maximum Gasteiger partial charge on any atom is 0.263 e. The van der Waals surface area contributed by atoms with E-state index >= 15 is 0 Å². The lowest BCUT2D eigenvalue weighted by molar-refractivity contribution is 0.432. The molecule has 0 aliphatic heterocycles. The molecule has 4 rings (SSSR count). The number of benzene rings is 1. The molecule has 0 aliphatic carbocycles. The van der Waals surface area contributed by atoms with Gasteiger partial charge >= 0.3 is 0 Å². The Labute approximate surface area is 118 Å². The molecule has 0 amide bonds. The molecular weight excluding hydrogens is 268 g/mol. The number of aromatic amines is 1. The first-order valence-electron chi connectivity index (χ1n) is 6.30. The fourth-order valence-electron chi connectivity index (χ4n) is 2.19. The van der Waals surface area contributed by atoms with Gasteiger partial charge in [-0.15, -0.1) is 0 Å². The van der Waals surface area contributed by atoms with Crippen molar-refractivity contribution in [2.45, 2.75) is 0 Å². The number of hydrogen-bond acceptors (Lipinski definition) is 6. The number of nitrogen functional groups attached to an aromatic ring is 1. The third-order valence-corrected chi connectivity index (χ3v) is 3.21. The normalized spacial score (nSPS) is 11.0. The van der Waals surface area contributed by atoms with E-state index in [0.717, 1.165) is 10.8 Å². The van der Waals surface area contributed by atoms with Crippen LogP contribution in [0.1, 0.15) is 0 Å². The largest absolute Gasteiger partial charge is 0.383 e. The molecule has 1 aromatic carbocycles. The lowest BCUT2D eigenvalue weighted by Crippen LogP contribution is -1.89. The summed E-state index contributed by atoms with van der Waals surface area (Å²) in [7, 11) is 0. The van der Waals surface area contributed by atoms with Gasteiger partial charge < -0.3 is 10.3 Å². The van der Waals surface area contributed by atoms with E-state index in [9.17, 15) is 0 Å². The molecule has 3 aromatic heterocycles. The second-order valence-electron chi connectivity index (χ2n) is 4.50. The number of rotatable bonds is 2. The van der Waals surface area contributed by atoms with Crippen LogP contribution in [0.3, 0.4) is 0 Å². The number of anilines is 1. The zero-order valence-electron chi connectivity index (χ0n) is 10.8. The number of aromatic nitrogens is 5. The van der Waals surface area contributed by atoms with Crippen LogP contribution in [0, 0.1) is 0 Å². The van der Waals surface area contributed by atoms with Crippen LogP contribution in [0.4, 0.5) is 5.82 Å². The maximum absolute atomic E-state index is 5.75. The molecule has 102 valence electrons. The van der Waals surface area contributed by atoms with E-state index in [0.29, 0.717) is 28.8 Å². The van der Waals surface area contributed by atoms with Crippen molar-refractivity contribution in [3.05, 3.63) is 42.7 Å². The Morgan fingerprint density at radius 1 is 1.14 bits per heavy atom. The number of H-pyrrole nitrogens is 1. The Bertz CT molecular complexity index is 921. The first-order chi connectivity index (χ1) is 10.3. The summed E-state index contributed by atoms with van der Waals surface area (Å²) in [5.41, 5.74) is 7.00. The Balaban J connectivity index is 1.87. The molecule has 4 aromatic rings. The Morgan fingerprint density at radius 3 is 2.90 bits per heavy atom. The number of nitrogens with two attached hydrogens (primary N) is 1. The number of nitrogens with zero attached hydrogens (tertiary/aromatic N) is 4. The molecule has 0 fully saturated rings. The minimum Gasteiger partial charge on any atom is -0.383 e. The third-order valence-electron chi connectivity index (χ3n) is 3.21. The van der Waals surface area contributed by atoms with Crippen LogP contribution in [0.15, 0.2) is 47.2 Å². The van der Waals surface area contributed by atoms with Gasteiger partial charge in [0.05, 0.1) is 6.20 Å². The van der Waals surface area contributed by atoms with Crippen molar-refractivity contribution in [2.24, 2.45) is 0 Å². The zero-order chi connectivity index (χ0) is 14.2. The molecule has 0 saturated heterocycles. The Morgan fingerprint density at radius 2 is 2.05 bits per heavy atom. The highest BCUT2D eigenvalue weighted by molar-refractivity contribution is 5.92. The quantitative estimate of drug-likeness (QED) is 0.582. The van der Waals surface area contributed by atoms with Gasteiger partial charge in [0.2, 0.25) is 5.82 Å². The SMILES string of the molecule is Nc1[nH]ncc1-c1nc(-c2nccc3ccccc23)no1. The second-order valence-corrected chi connectivity index (χ2v) is 4.50. The first-order valence-corrected chi connectivity index (χ1v) is 6.30. The first kappa shape index (κ1) is 11.6. The minimum atomic E-state index is 0.311. The topological polar surface area (TPSA) is 107 Å². The van der Waals surface area contributed by atoms with Crippen LogP contribution in [-0.4, -0.2) is 25.3 Å². The molecular formula is C14H10N6O. The molecule has 0 spiro atoms. The summed E-state index contributed by atoms with van der Waals surface area (Å²) in [5.74, 6) is 1.12. The summed E-state index contributed by atoms with van der Waals surface area (Å²) >= 11 is 0. The summed E-state index contributed by atoms with van der Waals surface area (Å²) in [6, 6.07) is 9.84. The zero-order valence-corrected chi connectivity index (χ0v) is 10.8. The van der Waals surface area contributed by atoms with Crippen LogP contribution in [0.2, 0.25) is 0 Å². The Hall–Kier alpha value is -3.22. The van der Waals surface area contributed by atoms with Crippen LogP contribution in [0.5, 0.6) is 0 Å². The van der Waals surface area contributed by atoms with Gasteiger partial charge in [-0.1, -0.05) is 29.4 Å². The standard InChI is InChI=1S/C14H10N6O/c15-12-10(7-17-19-12)14-18-13(20-21-14)11-9-4-2-1-3-8(9)5-6-16-11/h1-7H,(H3,15,17,19). The van der Waals surface area contributed by atoms with E-state index in [2.05, 4.69) is 25.3 Å². The van der Waals surface area contributed by atoms with Crippen molar-refractivity contribution >= 4 is 16.6 Å². The fourth-order valence-corrected chi connectivity index (χ4v) is 2.19. The van der Waals surface area contributed by atoms with Gasteiger partial charge in [0.15, 0.2) is 0 Å². The third kappa shape index (κ3) is 1.83. The van der Waals surface area contributed by atoms with Crippen molar-refractivity contribution in [3.8, 4) is 23.0 Å². The van der Waals surface area contributed by atoms with Crippen molar-refractivity contribution in [2.75, 3.05) is 5.73 Å². The van der Waals surface area contributed by atoms with Crippen LogP contribution in [-0.2, 0) is 0 Å². The molecule has 7 heteroatoms. The lowest BCUT2D eigenvalue weighted by atomic mass is 10.1. The molecule has 3 heterocycles. The van der Waals surface area contributed by atoms with Gasteiger partial charge in [-0.05, 0) is 11.5 Å². The van der Waals surface area contributed by atoms with E-state index in [1.54, 1.807) is 12.4 Å². The number of pyridine rings is 1. The molecule has 3 N–H and O–H groups in total. The summed E-state index contributed by atoms with van der Waals surface area (Å²) in [5, 5.41) is 12.5.